The maximum atomic E-state index is 13.2. The molecule has 0 aliphatic carbocycles. The Morgan fingerprint density at radius 3 is 1.95 bits per heavy atom. The summed E-state index contributed by atoms with van der Waals surface area (Å²) in [5.41, 5.74) is -3.68. The summed E-state index contributed by atoms with van der Waals surface area (Å²) in [4.78, 5) is 12.6. The molecule has 0 aliphatic heterocycles. The molecule has 0 saturated heterocycles. The van der Waals surface area contributed by atoms with Crippen LogP contribution < -0.4 is 10.0 Å². The summed E-state index contributed by atoms with van der Waals surface area (Å²) < 4.78 is 107. The fourth-order valence-electron chi connectivity index (χ4n) is 3.23. The standard InChI is InChI=1S/C23H16Cl2F6N2O3S/c24-16-6-7-18(25)20(12-16)37(35,36)33-19(8-13-4-2-1-3-5-13)21(34)32-17-10-14(22(26,27)28)9-15(11-17)23(29,30)31/h1-7,9-12,19,33H,8H2,(H,32,34)/t19-/m1/s1. The van der Waals surface area contributed by atoms with Gasteiger partial charge in [-0.05, 0) is 48.4 Å². The lowest BCUT2D eigenvalue weighted by Gasteiger charge is -2.20. The van der Waals surface area contributed by atoms with Crippen LogP contribution >= 0.6 is 23.2 Å². The Balaban J connectivity index is 2.00. The van der Waals surface area contributed by atoms with Crippen molar-refractivity contribution in [3.63, 3.8) is 0 Å². The van der Waals surface area contributed by atoms with Gasteiger partial charge in [-0.15, -0.1) is 0 Å². The molecule has 37 heavy (non-hydrogen) atoms. The predicted molar refractivity (Wildman–Crippen MR) is 126 cm³/mol. The number of halogens is 8. The molecule has 3 aromatic carbocycles. The predicted octanol–water partition coefficient (Wildman–Crippen LogP) is 6.56. The highest BCUT2D eigenvalue weighted by Gasteiger charge is 2.37. The van der Waals surface area contributed by atoms with E-state index in [1.54, 1.807) is 30.3 Å². The van der Waals surface area contributed by atoms with Gasteiger partial charge < -0.3 is 5.32 Å². The minimum Gasteiger partial charge on any atom is -0.325 e. The Bertz CT molecular complexity index is 1370. The Morgan fingerprint density at radius 1 is 0.838 bits per heavy atom. The van der Waals surface area contributed by atoms with Crippen LogP contribution in [0.15, 0.2) is 71.6 Å². The summed E-state index contributed by atoms with van der Waals surface area (Å²) >= 11 is 11.8. The van der Waals surface area contributed by atoms with Gasteiger partial charge >= 0.3 is 12.4 Å². The summed E-state index contributed by atoms with van der Waals surface area (Å²) in [6, 6.07) is 10.3. The molecular formula is C23H16Cl2F6N2O3S. The van der Waals surface area contributed by atoms with Crippen molar-refractivity contribution in [2.45, 2.75) is 29.7 Å². The smallest absolute Gasteiger partial charge is 0.325 e. The molecule has 0 spiro atoms. The zero-order valence-electron chi connectivity index (χ0n) is 18.3. The SMILES string of the molecule is O=C(Nc1cc(C(F)(F)F)cc(C(F)(F)F)c1)[C@@H](Cc1ccccc1)NS(=O)(=O)c1cc(Cl)ccc1Cl. The molecule has 14 heteroatoms. The minimum absolute atomic E-state index is 0.0116. The number of anilines is 1. The summed E-state index contributed by atoms with van der Waals surface area (Å²) in [6.07, 6.45) is -10.6. The Kier molecular flexibility index (Phi) is 8.47. The van der Waals surface area contributed by atoms with E-state index in [1.807, 2.05) is 5.32 Å². The zero-order valence-corrected chi connectivity index (χ0v) is 20.6. The van der Waals surface area contributed by atoms with Gasteiger partial charge in [0.2, 0.25) is 15.9 Å². The lowest BCUT2D eigenvalue weighted by Crippen LogP contribution is -2.45. The monoisotopic (exact) mass is 584 g/mol. The van der Waals surface area contributed by atoms with E-state index < -0.39 is 56.0 Å². The molecule has 1 atom stereocenters. The van der Waals surface area contributed by atoms with Crippen LogP contribution in [0.4, 0.5) is 32.0 Å². The van der Waals surface area contributed by atoms with Crippen molar-refractivity contribution < 1.29 is 39.6 Å². The third kappa shape index (κ3) is 7.60. The third-order valence-electron chi connectivity index (χ3n) is 4.93. The minimum atomic E-state index is -5.14. The quantitative estimate of drug-likeness (QED) is 0.309. The van der Waals surface area contributed by atoms with Crippen molar-refractivity contribution in [1.82, 2.24) is 4.72 Å². The normalized spacial score (nSPS) is 13.3. The number of alkyl halides is 6. The van der Waals surface area contributed by atoms with Crippen LogP contribution in [-0.4, -0.2) is 20.4 Å². The van der Waals surface area contributed by atoms with Crippen molar-refractivity contribution in [3.05, 3.63) is 93.5 Å². The van der Waals surface area contributed by atoms with Gasteiger partial charge in [-0.2, -0.15) is 31.1 Å². The van der Waals surface area contributed by atoms with Crippen LogP contribution in [0.1, 0.15) is 16.7 Å². The van der Waals surface area contributed by atoms with Gasteiger partial charge in [0.25, 0.3) is 0 Å². The molecule has 0 unspecified atom stereocenters. The topological polar surface area (TPSA) is 75.3 Å². The summed E-state index contributed by atoms with van der Waals surface area (Å²) in [7, 11) is -4.52. The van der Waals surface area contributed by atoms with Gasteiger partial charge in [-0.3, -0.25) is 4.79 Å². The van der Waals surface area contributed by atoms with Crippen LogP contribution in [-0.2, 0) is 33.6 Å². The van der Waals surface area contributed by atoms with Gasteiger partial charge in [-0.25, -0.2) is 8.42 Å². The highest BCUT2D eigenvalue weighted by atomic mass is 35.5. The average molecular weight is 585 g/mol. The van der Waals surface area contributed by atoms with E-state index in [0.29, 0.717) is 17.7 Å². The summed E-state index contributed by atoms with van der Waals surface area (Å²) in [5, 5.41) is 1.74. The van der Waals surface area contributed by atoms with Crippen LogP contribution in [0.5, 0.6) is 0 Å². The molecule has 0 radical (unpaired) electrons. The second-order valence-electron chi connectivity index (χ2n) is 7.72. The molecule has 0 aliphatic rings. The van der Waals surface area contributed by atoms with E-state index >= 15 is 0 Å². The fraction of sp³-hybridized carbons (Fsp3) is 0.174. The molecule has 0 bridgehead atoms. The van der Waals surface area contributed by atoms with E-state index in [-0.39, 0.29) is 22.5 Å². The summed E-state index contributed by atoms with van der Waals surface area (Å²) in [5.74, 6) is -1.21. The van der Waals surface area contributed by atoms with Gasteiger partial charge in [0, 0.05) is 10.7 Å². The maximum Gasteiger partial charge on any atom is 0.416 e. The number of amides is 1. The first-order valence-corrected chi connectivity index (χ1v) is 12.4. The molecule has 0 saturated carbocycles. The highest BCUT2D eigenvalue weighted by Crippen LogP contribution is 2.37. The van der Waals surface area contributed by atoms with Crippen molar-refractivity contribution in [3.8, 4) is 0 Å². The van der Waals surface area contributed by atoms with Crippen LogP contribution in [0.25, 0.3) is 0 Å². The first kappa shape index (κ1) is 28.8. The Labute approximate surface area is 217 Å². The largest absolute Gasteiger partial charge is 0.416 e. The Hall–Kier alpha value is -2.80. The van der Waals surface area contributed by atoms with Gasteiger partial charge in [0.1, 0.15) is 10.9 Å². The first-order chi connectivity index (χ1) is 17.1. The molecule has 3 rings (SSSR count). The number of carbonyl (C=O) groups excluding carboxylic acids is 1. The number of sulfonamides is 1. The average Bonchev–Trinajstić information content (AvgIpc) is 2.79. The second kappa shape index (κ2) is 10.9. The van der Waals surface area contributed by atoms with Crippen LogP contribution in [0, 0.1) is 0 Å². The van der Waals surface area contributed by atoms with Gasteiger partial charge in [0.05, 0.1) is 16.1 Å². The fourth-order valence-corrected chi connectivity index (χ4v) is 5.19. The molecule has 198 valence electrons. The van der Waals surface area contributed by atoms with E-state index in [4.69, 9.17) is 23.2 Å². The van der Waals surface area contributed by atoms with Gasteiger partial charge in [0.15, 0.2) is 0 Å². The van der Waals surface area contributed by atoms with Crippen molar-refractivity contribution in [1.29, 1.82) is 0 Å². The Morgan fingerprint density at radius 2 is 1.41 bits per heavy atom. The molecule has 1 amide bonds. The van der Waals surface area contributed by atoms with Crippen molar-refractivity contribution >= 4 is 44.8 Å². The van der Waals surface area contributed by atoms with Crippen molar-refractivity contribution in [2.24, 2.45) is 0 Å². The number of carbonyl (C=O) groups is 1. The lowest BCUT2D eigenvalue weighted by atomic mass is 10.1. The number of rotatable bonds is 7. The molecule has 5 nitrogen and oxygen atoms in total. The van der Waals surface area contributed by atoms with Crippen LogP contribution in [0.3, 0.4) is 0 Å². The molecule has 0 aromatic heterocycles. The summed E-state index contributed by atoms with van der Waals surface area (Å²) in [6.45, 7) is 0. The lowest BCUT2D eigenvalue weighted by molar-refractivity contribution is -0.143. The number of hydrogen-bond donors (Lipinski definition) is 2. The molecule has 0 fully saturated rings. The number of benzene rings is 3. The second-order valence-corrected chi connectivity index (χ2v) is 10.2. The highest BCUT2D eigenvalue weighted by molar-refractivity contribution is 7.89. The van der Waals surface area contributed by atoms with E-state index in [0.717, 1.165) is 6.07 Å². The number of hydrogen-bond acceptors (Lipinski definition) is 3. The van der Waals surface area contributed by atoms with Crippen LogP contribution in [0.2, 0.25) is 10.0 Å². The van der Waals surface area contributed by atoms with Crippen molar-refractivity contribution in [2.75, 3.05) is 5.32 Å². The van der Waals surface area contributed by atoms with E-state index in [2.05, 4.69) is 4.72 Å². The molecule has 0 heterocycles. The van der Waals surface area contributed by atoms with Gasteiger partial charge in [-0.1, -0.05) is 53.5 Å². The maximum absolute atomic E-state index is 13.2. The number of nitrogens with one attached hydrogen (secondary N) is 2. The third-order valence-corrected chi connectivity index (χ3v) is 7.12. The van der Waals surface area contributed by atoms with E-state index in [9.17, 15) is 39.6 Å². The van der Waals surface area contributed by atoms with E-state index in [1.165, 1.54) is 12.1 Å². The molecule has 3 aromatic rings. The first-order valence-electron chi connectivity index (χ1n) is 10.2. The zero-order chi connectivity index (χ0) is 27.6. The molecule has 2 N–H and O–H groups in total. The molecular weight excluding hydrogens is 569 g/mol.